The molecule has 0 radical (unpaired) electrons. The maximum Gasteiger partial charge on any atom is 0.408 e. The van der Waals surface area contributed by atoms with Crippen LogP contribution >= 0.6 is 11.8 Å². The van der Waals surface area contributed by atoms with Crippen molar-refractivity contribution in [3.8, 4) is 5.75 Å². The number of aromatic hydroxyl groups is 1. The van der Waals surface area contributed by atoms with Crippen molar-refractivity contribution in [2.45, 2.75) is 77.2 Å². The number of thioether (sulfide) groups is 1. The summed E-state index contributed by atoms with van der Waals surface area (Å²) in [4.78, 5) is 42.1. The highest BCUT2D eigenvalue weighted by atomic mass is 32.2. The van der Waals surface area contributed by atoms with Crippen molar-refractivity contribution in [3.63, 3.8) is 0 Å². The van der Waals surface area contributed by atoms with E-state index in [1.165, 1.54) is 0 Å². The molecule has 3 amide bonds. The molecule has 3 N–H and O–H groups in total. The first-order valence-electron chi connectivity index (χ1n) is 12.9. The van der Waals surface area contributed by atoms with Crippen LogP contribution in [0.5, 0.6) is 5.75 Å². The normalized spacial score (nSPS) is 14.8. The summed E-state index contributed by atoms with van der Waals surface area (Å²) in [5.41, 5.74) is 1.44. The highest BCUT2D eigenvalue weighted by molar-refractivity contribution is 7.98. The average molecular weight is 542 g/mol. The fourth-order valence-corrected chi connectivity index (χ4v) is 4.63. The molecule has 1 aliphatic carbocycles. The Morgan fingerprint density at radius 1 is 1.13 bits per heavy atom. The molecule has 1 fully saturated rings. The van der Waals surface area contributed by atoms with Crippen LogP contribution in [-0.4, -0.2) is 57.6 Å². The topological polar surface area (TPSA) is 108 Å². The van der Waals surface area contributed by atoms with Gasteiger partial charge in [0.15, 0.2) is 0 Å². The third-order valence-corrected chi connectivity index (χ3v) is 6.81. The fourth-order valence-electron chi connectivity index (χ4n) is 4.16. The molecule has 1 aliphatic rings. The monoisotopic (exact) mass is 541 g/mol. The standard InChI is InChI=1S/C29H39N3O5S/c1-19-17-21(11-14-24(19)33)25(26(34)30-18-20-9-7-6-8-10-20)32(22-12-13-22)27(35)23(15-16-38-5)31-28(36)37-29(2,3)4/h6-11,14,17,22-23,25,33H,12-13,15-16,18H2,1-5H3,(H,30,34)(H,31,36). The lowest BCUT2D eigenvalue weighted by atomic mass is 9.99. The summed E-state index contributed by atoms with van der Waals surface area (Å²) in [6.07, 6.45) is 3.21. The minimum absolute atomic E-state index is 0.117. The van der Waals surface area contributed by atoms with E-state index in [1.54, 1.807) is 62.6 Å². The summed E-state index contributed by atoms with van der Waals surface area (Å²) in [7, 11) is 0. The first kappa shape index (κ1) is 29.4. The van der Waals surface area contributed by atoms with E-state index in [0.29, 0.717) is 29.8 Å². The second kappa shape index (κ2) is 13.0. The third-order valence-electron chi connectivity index (χ3n) is 6.17. The smallest absolute Gasteiger partial charge is 0.408 e. The molecule has 0 heterocycles. The molecule has 0 saturated heterocycles. The van der Waals surface area contributed by atoms with Crippen molar-refractivity contribution in [2.24, 2.45) is 0 Å². The highest BCUT2D eigenvalue weighted by Crippen LogP contribution is 2.37. The fraction of sp³-hybridized carbons (Fsp3) is 0.483. The molecule has 0 spiro atoms. The van der Waals surface area contributed by atoms with Crippen LogP contribution in [0.25, 0.3) is 0 Å². The zero-order valence-corrected chi connectivity index (χ0v) is 23.6. The summed E-state index contributed by atoms with van der Waals surface area (Å²) < 4.78 is 5.43. The number of alkyl carbamates (subject to hydrolysis) is 1. The van der Waals surface area contributed by atoms with E-state index in [9.17, 15) is 19.5 Å². The molecule has 8 nitrogen and oxygen atoms in total. The first-order chi connectivity index (χ1) is 18.0. The molecular formula is C29H39N3O5S. The number of phenolic OH excluding ortho intramolecular Hbond substituents is 1. The molecule has 0 aromatic heterocycles. The Morgan fingerprint density at radius 2 is 1.82 bits per heavy atom. The molecule has 2 aromatic rings. The van der Waals surface area contributed by atoms with Gasteiger partial charge >= 0.3 is 6.09 Å². The number of aryl methyl sites for hydroxylation is 1. The maximum atomic E-state index is 14.1. The van der Waals surface area contributed by atoms with Gasteiger partial charge in [-0.05, 0) is 87.8 Å². The molecule has 2 atom stereocenters. The molecule has 9 heteroatoms. The first-order valence-corrected chi connectivity index (χ1v) is 14.3. The molecule has 3 rings (SSSR count). The summed E-state index contributed by atoms with van der Waals surface area (Å²) in [6, 6.07) is 12.6. The van der Waals surface area contributed by atoms with E-state index in [0.717, 1.165) is 18.4 Å². The van der Waals surface area contributed by atoms with Crippen molar-refractivity contribution in [2.75, 3.05) is 12.0 Å². The maximum absolute atomic E-state index is 14.1. The predicted octanol–water partition coefficient (Wildman–Crippen LogP) is 4.70. The number of carbonyl (C=O) groups excluding carboxylic acids is 3. The molecule has 0 bridgehead atoms. The molecule has 38 heavy (non-hydrogen) atoms. The van der Waals surface area contributed by atoms with Gasteiger partial charge in [0.25, 0.3) is 0 Å². The quantitative estimate of drug-likeness (QED) is 0.381. The number of hydrogen-bond acceptors (Lipinski definition) is 6. The molecule has 206 valence electrons. The molecule has 2 aromatic carbocycles. The van der Waals surface area contributed by atoms with Crippen molar-refractivity contribution < 1.29 is 24.2 Å². The van der Waals surface area contributed by atoms with Crippen LogP contribution in [0.2, 0.25) is 0 Å². The number of rotatable bonds is 11. The van der Waals surface area contributed by atoms with Crippen LogP contribution in [0.4, 0.5) is 4.79 Å². The van der Waals surface area contributed by atoms with Gasteiger partial charge in [0.1, 0.15) is 23.4 Å². The van der Waals surface area contributed by atoms with Crippen molar-refractivity contribution >= 4 is 29.7 Å². The number of ether oxygens (including phenoxy) is 1. The zero-order valence-electron chi connectivity index (χ0n) is 22.8. The Kier molecular flexibility index (Phi) is 10.1. The number of phenols is 1. The second-order valence-electron chi connectivity index (χ2n) is 10.6. The Bertz CT molecular complexity index is 1110. The van der Waals surface area contributed by atoms with E-state index >= 15 is 0 Å². The van der Waals surface area contributed by atoms with Crippen LogP contribution in [0, 0.1) is 6.92 Å². The lowest BCUT2D eigenvalue weighted by Crippen LogP contribution is -2.54. The van der Waals surface area contributed by atoms with E-state index in [4.69, 9.17) is 4.74 Å². The third kappa shape index (κ3) is 8.41. The van der Waals surface area contributed by atoms with Gasteiger partial charge in [0.05, 0.1) is 0 Å². The van der Waals surface area contributed by atoms with Crippen LogP contribution in [0.1, 0.15) is 62.8 Å². The largest absolute Gasteiger partial charge is 0.508 e. The predicted molar refractivity (Wildman–Crippen MR) is 150 cm³/mol. The van der Waals surface area contributed by atoms with Gasteiger partial charge in [0.2, 0.25) is 11.8 Å². The average Bonchev–Trinajstić information content (AvgIpc) is 3.69. The molecular weight excluding hydrogens is 502 g/mol. The number of benzene rings is 2. The second-order valence-corrected chi connectivity index (χ2v) is 11.6. The van der Waals surface area contributed by atoms with Crippen LogP contribution in [0.3, 0.4) is 0 Å². The summed E-state index contributed by atoms with van der Waals surface area (Å²) in [5.74, 6) is 0.123. The van der Waals surface area contributed by atoms with Crippen LogP contribution < -0.4 is 10.6 Å². The minimum Gasteiger partial charge on any atom is -0.508 e. The number of amides is 3. The van der Waals surface area contributed by atoms with Crippen molar-refractivity contribution in [1.82, 2.24) is 15.5 Å². The van der Waals surface area contributed by atoms with Crippen molar-refractivity contribution in [1.29, 1.82) is 0 Å². The van der Waals surface area contributed by atoms with Gasteiger partial charge in [-0.3, -0.25) is 9.59 Å². The van der Waals surface area contributed by atoms with E-state index < -0.39 is 23.8 Å². The Morgan fingerprint density at radius 3 is 2.39 bits per heavy atom. The lowest BCUT2D eigenvalue weighted by Gasteiger charge is -2.35. The number of carbonyl (C=O) groups is 3. The van der Waals surface area contributed by atoms with E-state index in [-0.39, 0.29) is 23.6 Å². The number of nitrogens with one attached hydrogen (secondary N) is 2. The minimum atomic E-state index is -0.921. The van der Waals surface area contributed by atoms with Crippen molar-refractivity contribution in [3.05, 3.63) is 65.2 Å². The summed E-state index contributed by atoms with van der Waals surface area (Å²) >= 11 is 1.57. The Labute approximate surface area is 229 Å². The lowest BCUT2D eigenvalue weighted by molar-refractivity contribution is -0.143. The van der Waals surface area contributed by atoms with E-state index in [2.05, 4.69) is 10.6 Å². The van der Waals surface area contributed by atoms with Gasteiger partial charge in [-0.15, -0.1) is 0 Å². The zero-order chi connectivity index (χ0) is 27.9. The Balaban J connectivity index is 1.94. The number of hydrogen-bond donors (Lipinski definition) is 3. The van der Waals surface area contributed by atoms with E-state index in [1.807, 2.05) is 36.6 Å². The summed E-state index contributed by atoms with van der Waals surface area (Å²) in [5, 5.41) is 15.9. The molecule has 2 unspecified atom stereocenters. The van der Waals surface area contributed by atoms with Gasteiger partial charge in [-0.2, -0.15) is 11.8 Å². The molecule has 1 saturated carbocycles. The van der Waals surface area contributed by atoms with Gasteiger partial charge in [-0.25, -0.2) is 4.79 Å². The number of nitrogens with zero attached hydrogens (tertiary/aromatic N) is 1. The Hall–Kier alpha value is -3.20. The SMILES string of the molecule is CSCCC(NC(=O)OC(C)(C)C)C(=O)N(C1CC1)C(C(=O)NCc1ccccc1)c1ccc(O)c(C)c1. The van der Waals surface area contributed by atoms with Gasteiger partial charge < -0.3 is 25.4 Å². The van der Waals surface area contributed by atoms with Crippen LogP contribution in [0.15, 0.2) is 48.5 Å². The summed E-state index contributed by atoms with van der Waals surface area (Å²) in [6.45, 7) is 7.37. The van der Waals surface area contributed by atoms with Gasteiger partial charge in [-0.1, -0.05) is 36.4 Å². The highest BCUT2D eigenvalue weighted by Gasteiger charge is 2.44. The van der Waals surface area contributed by atoms with Gasteiger partial charge in [0, 0.05) is 12.6 Å². The molecule has 0 aliphatic heterocycles. The van der Waals surface area contributed by atoms with Crippen LogP contribution in [-0.2, 0) is 20.9 Å².